The van der Waals surface area contributed by atoms with E-state index in [1.165, 1.54) is 29.0 Å². The Morgan fingerprint density at radius 2 is 1.89 bits per heavy atom. The molecule has 2 heteroatoms. The lowest BCUT2D eigenvalue weighted by Gasteiger charge is -2.04. The number of aryl methyl sites for hydroxylation is 1. The van der Waals surface area contributed by atoms with Crippen LogP contribution in [0.1, 0.15) is 17.5 Å². The molecule has 0 aliphatic rings. The number of benzene rings is 2. The third-order valence-corrected chi connectivity index (χ3v) is 2.98. The fraction of sp³-hybridized carbons (Fsp3) is 0.250. The number of carbonyl (C=O) groups is 1. The van der Waals surface area contributed by atoms with Gasteiger partial charge in [0.1, 0.15) is 0 Å². The Hall–Kier alpha value is -1.83. The number of esters is 1. The molecule has 0 N–H and O–H groups in total. The molecule has 0 unspecified atom stereocenters. The van der Waals surface area contributed by atoms with Gasteiger partial charge in [0.05, 0.1) is 7.11 Å². The van der Waals surface area contributed by atoms with Crippen molar-refractivity contribution in [2.75, 3.05) is 7.11 Å². The van der Waals surface area contributed by atoms with E-state index in [2.05, 4.69) is 48.1 Å². The van der Waals surface area contributed by atoms with Crippen LogP contribution in [0, 0.1) is 13.3 Å². The predicted molar refractivity (Wildman–Crippen MR) is 73.3 cm³/mol. The Bertz CT molecular complexity index is 558. The number of carbonyl (C=O) groups excluding carboxylic acids is 1. The fourth-order valence-corrected chi connectivity index (χ4v) is 1.98. The molecule has 18 heavy (non-hydrogen) atoms. The van der Waals surface area contributed by atoms with E-state index in [0.29, 0.717) is 6.42 Å². The minimum Gasteiger partial charge on any atom is -0.469 e. The van der Waals surface area contributed by atoms with Crippen LogP contribution in [0.25, 0.3) is 10.8 Å². The Kier molecular flexibility index (Phi) is 3.98. The highest BCUT2D eigenvalue weighted by atomic mass is 16.5. The maximum Gasteiger partial charge on any atom is 0.305 e. The van der Waals surface area contributed by atoms with Gasteiger partial charge in [-0.3, -0.25) is 4.79 Å². The molecule has 0 amide bonds. The van der Waals surface area contributed by atoms with Crippen molar-refractivity contribution in [2.24, 2.45) is 0 Å². The van der Waals surface area contributed by atoms with E-state index >= 15 is 0 Å². The van der Waals surface area contributed by atoms with Gasteiger partial charge in [-0.25, -0.2) is 0 Å². The highest BCUT2D eigenvalue weighted by Crippen LogP contribution is 2.18. The van der Waals surface area contributed by atoms with Gasteiger partial charge in [0.15, 0.2) is 0 Å². The lowest BCUT2D eigenvalue weighted by molar-refractivity contribution is -0.139. The van der Waals surface area contributed by atoms with Crippen molar-refractivity contribution >= 4 is 16.7 Å². The molecule has 0 spiro atoms. The molecule has 0 saturated carbocycles. The van der Waals surface area contributed by atoms with Gasteiger partial charge < -0.3 is 4.74 Å². The molecule has 2 rings (SSSR count). The van der Waals surface area contributed by atoms with Crippen LogP contribution in [0.2, 0.25) is 0 Å². The zero-order valence-corrected chi connectivity index (χ0v) is 10.8. The standard InChI is InChI=1S/C16H17O2/c1-12-6-8-15-11-13(7-9-14(15)10-12)4-3-5-16(17)18-2/h3,6-11H,4-5H2,1-2H3. The topological polar surface area (TPSA) is 26.3 Å². The van der Waals surface area contributed by atoms with Crippen molar-refractivity contribution < 1.29 is 9.53 Å². The van der Waals surface area contributed by atoms with E-state index in [9.17, 15) is 4.79 Å². The first kappa shape index (κ1) is 12.6. The van der Waals surface area contributed by atoms with Crippen LogP contribution < -0.4 is 0 Å². The predicted octanol–water partition coefficient (Wildman–Crippen LogP) is 3.46. The average molecular weight is 241 g/mol. The maximum absolute atomic E-state index is 11.0. The van der Waals surface area contributed by atoms with Crippen LogP contribution in [-0.4, -0.2) is 13.1 Å². The van der Waals surface area contributed by atoms with Crippen molar-refractivity contribution in [2.45, 2.75) is 19.8 Å². The monoisotopic (exact) mass is 241 g/mol. The maximum atomic E-state index is 11.0. The molecule has 0 aromatic heterocycles. The molecular formula is C16H17O2. The largest absolute Gasteiger partial charge is 0.469 e. The second kappa shape index (κ2) is 5.67. The summed E-state index contributed by atoms with van der Waals surface area (Å²) < 4.78 is 4.60. The van der Waals surface area contributed by atoms with Crippen molar-refractivity contribution in [3.8, 4) is 0 Å². The van der Waals surface area contributed by atoms with Crippen LogP contribution in [0.5, 0.6) is 0 Å². The molecule has 0 saturated heterocycles. The highest BCUT2D eigenvalue weighted by molar-refractivity contribution is 5.83. The van der Waals surface area contributed by atoms with Gasteiger partial charge in [-0.05, 0) is 36.1 Å². The molecule has 2 aromatic carbocycles. The summed E-state index contributed by atoms with van der Waals surface area (Å²) in [5, 5.41) is 2.50. The van der Waals surface area contributed by atoms with Crippen LogP contribution in [0.3, 0.4) is 0 Å². The molecule has 0 aliphatic carbocycles. The van der Waals surface area contributed by atoms with Gasteiger partial charge in [-0.15, -0.1) is 0 Å². The number of methoxy groups -OCH3 is 1. The molecule has 0 atom stereocenters. The Balaban J connectivity index is 2.06. The van der Waals surface area contributed by atoms with Crippen LogP contribution in [-0.2, 0) is 16.0 Å². The first-order valence-corrected chi connectivity index (χ1v) is 6.07. The molecule has 1 radical (unpaired) electrons. The summed E-state index contributed by atoms with van der Waals surface area (Å²) >= 11 is 0. The second-order valence-electron chi connectivity index (χ2n) is 4.46. The first-order valence-electron chi connectivity index (χ1n) is 6.07. The summed E-state index contributed by atoms with van der Waals surface area (Å²) in [7, 11) is 1.41. The van der Waals surface area contributed by atoms with Gasteiger partial charge in [0.25, 0.3) is 0 Å². The van der Waals surface area contributed by atoms with E-state index in [-0.39, 0.29) is 5.97 Å². The number of ether oxygens (including phenoxy) is 1. The van der Waals surface area contributed by atoms with Crippen LogP contribution >= 0.6 is 0 Å². The van der Waals surface area contributed by atoms with Gasteiger partial charge >= 0.3 is 5.97 Å². The van der Waals surface area contributed by atoms with Gasteiger partial charge in [0, 0.05) is 6.42 Å². The number of hydrogen-bond acceptors (Lipinski definition) is 2. The van der Waals surface area contributed by atoms with Crippen molar-refractivity contribution in [1.82, 2.24) is 0 Å². The summed E-state index contributed by atoms with van der Waals surface area (Å²) in [5.74, 6) is -0.189. The zero-order chi connectivity index (χ0) is 13.0. The minimum absolute atomic E-state index is 0.189. The molecule has 0 heterocycles. The highest BCUT2D eigenvalue weighted by Gasteiger charge is 2.02. The second-order valence-corrected chi connectivity index (χ2v) is 4.46. The zero-order valence-electron chi connectivity index (χ0n) is 10.8. The molecule has 93 valence electrons. The third kappa shape index (κ3) is 3.10. The van der Waals surface area contributed by atoms with E-state index in [1.54, 1.807) is 0 Å². The minimum atomic E-state index is -0.189. The van der Waals surface area contributed by atoms with Crippen molar-refractivity contribution in [3.63, 3.8) is 0 Å². The van der Waals surface area contributed by atoms with Gasteiger partial charge in [-0.1, -0.05) is 42.0 Å². The van der Waals surface area contributed by atoms with Crippen LogP contribution in [0.4, 0.5) is 0 Å². The molecule has 2 nitrogen and oxygen atoms in total. The van der Waals surface area contributed by atoms with E-state index in [0.717, 1.165) is 6.42 Å². The van der Waals surface area contributed by atoms with Crippen molar-refractivity contribution in [1.29, 1.82) is 0 Å². The Labute approximate surface area is 108 Å². The van der Waals surface area contributed by atoms with E-state index in [4.69, 9.17) is 0 Å². The average Bonchev–Trinajstić information content (AvgIpc) is 2.38. The Morgan fingerprint density at radius 3 is 2.67 bits per heavy atom. The van der Waals surface area contributed by atoms with E-state index in [1.807, 2.05) is 6.42 Å². The van der Waals surface area contributed by atoms with Gasteiger partial charge in [0.2, 0.25) is 0 Å². The smallest absolute Gasteiger partial charge is 0.305 e. The Morgan fingerprint density at radius 1 is 1.17 bits per heavy atom. The summed E-state index contributed by atoms with van der Waals surface area (Å²) in [5.41, 5.74) is 2.49. The number of fused-ring (bicyclic) bond motifs is 1. The normalized spacial score (nSPS) is 10.6. The SMILES string of the molecule is COC(=O)C[CH]Cc1ccc2cc(C)ccc2c1. The number of rotatable bonds is 4. The molecular weight excluding hydrogens is 224 g/mol. The quantitative estimate of drug-likeness (QED) is 0.766. The lowest BCUT2D eigenvalue weighted by atomic mass is 10.0. The van der Waals surface area contributed by atoms with Gasteiger partial charge in [-0.2, -0.15) is 0 Å². The summed E-state index contributed by atoms with van der Waals surface area (Å²) in [6, 6.07) is 12.8. The third-order valence-electron chi connectivity index (χ3n) is 2.98. The van der Waals surface area contributed by atoms with Crippen molar-refractivity contribution in [3.05, 3.63) is 53.9 Å². The first-order chi connectivity index (χ1) is 8.69. The lowest BCUT2D eigenvalue weighted by Crippen LogP contribution is -2.01. The summed E-state index contributed by atoms with van der Waals surface area (Å²) in [6.07, 6.45) is 3.10. The molecule has 0 fully saturated rings. The van der Waals surface area contributed by atoms with Crippen LogP contribution in [0.15, 0.2) is 36.4 Å². The summed E-state index contributed by atoms with van der Waals surface area (Å²) in [4.78, 5) is 11.0. The fourth-order valence-electron chi connectivity index (χ4n) is 1.98. The molecule has 0 aliphatic heterocycles. The molecule has 2 aromatic rings. The summed E-state index contributed by atoms with van der Waals surface area (Å²) in [6.45, 7) is 2.09. The molecule has 0 bridgehead atoms. The number of hydrogen-bond donors (Lipinski definition) is 0. The van der Waals surface area contributed by atoms with E-state index < -0.39 is 0 Å².